The van der Waals surface area contributed by atoms with E-state index in [0.717, 1.165) is 0 Å². The van der Waals surface area contributed by atoms with Crippen LogP contribution in [0.3, 0.4) is 0 Å². The summed E-state index contributed by atoms with van der Waals surface area (Å²) in [6.07, 6.45) is 0.863. The van der Waals surface area contributed by atoms with Crippen LogP contribution in [-0.2, 0) is 6.42 Å². The van der Waals surface area contributed by atoms with E-state index in [9.17, 15) is 8.78 Å². The zero-order valence-electron chi connectivity index (χ0n) is 8.89. The molecule has 0 saturated heterocycles. The Hall–Kier alpha value is -1.16. The molecule has 0 spiro atoms. The predicted molar refractivity (Wildman–Crippen MR) is 54.9 cm³/mol. The van der Waals surface area contributed by atoms with Crippen LogP contribution >= 0.6 is 0 Å². The van der Waals surface area contributed by atoms with Gasteiger partial charge in [0.2, 0.25) is 0 Å². The van der Waals surface area contributed by atoms with E-state index in [4.69, 9.17) is 10.5 Å². The molecule has 0 aromatic heterocycles. The van der Waals surface area contributed by atoms with Crippen LogP contribution in [0.15, 0.2) is 12.1 Å². The number of halogens is 2. The van der Waals surface area contributed by atoms with E-state index in [1.165, 1.54) is 19.2 Å². The molecule has 0 bridgehead atoms. The van der Waals surface area contributed by atoms with E-state index in [1.807, 2.05) is 6.92 Å². The lowest BCUT2D eigenvalue weighted by Gasteiger charge is -2.12. The lowest BCUT2D eigenvalue weighted by molar-refractivity contribution is 0.379. The molecule has 1 unspecified atom stereocenters. The lowest BCUT2D eigenvalue weighted by atomic mass is 10.0. The molecule has 1 aromatic rings. The maximum Gasteiger partial charge on any atom is 0.171 e. The van der Waals surface area contributed by atoms with Crippen LogP contribution in [0.4, 0.5) is 8.78 Å². The number of ether oxygens (including phenoxy) is 1. The van der Waals surface area contributed by atoms with Gasteiger partial charge < -0.3 is 10.5 Å². The second kappa shape index (κ2) is 5.07. The van der Waals surface area contributed by atoms with Gasteiger partial charge in [-0.2, -0.15) is 0 Å². The van der Waals surface area contributed by atoms with Gasteiger partial charge in [0, 0.05) is 11.6 Å². The number of hydrogen-bond donors (Lipinski definition) is 1. The van der Waals surface area contributed by atoms with Gasteiger partial charge >= 0.3 is 0 Å². The van der Waals surface area contributed by atoms with Crippen LogP contribution in [0.1, 0.15) is 18.9 Å². The summed E-state index contributed by atoms with van der Waals surface area (Å²) in [4.78, 5) is 0. The first kappa shape index (κ1) is 11.9. The molecule has 0 aliphatic carbocycles. The van der Waals surface area contributed by atoms with Crippen molar-refractivity contribution in [3.8, 4) is 5.75 Å². The van der Waals surface area contributed by atoms with Gasteiger partial charge in [0.15, 0.2) is 11.6 Å². The maximum absolute atomic E-state index is 13.6. The number of nitrogens with two attached hydrogens (primary N) is 1. The van der Waals surface area contributed by atoms with Gasteiger partial charge in [-0.15, -0.1) is 0 Å². The lowest BCUT2D eigenvalue weighted by Crippen LogP contribution is -2.22. The van der Waals surface area contributed by atoms with Crippen molar-refractivity contribution in [2.75, 3.05) is 7.11 Å². The number of hydrogen-bond acceptors (Lipinski definition) is 2. The van der Waals surface area contributed by atoms with Crippen molar-refractivity contribution >= 4 is 0 Å². The Balaban J connectivity index is 3.04. The molecule has 0 amide bonds. The van der Waals surface area contributed by atoms with Crippen molar-refractivity contribution in [3.63, 3.8) is 0 Å². The smallest absolute Gasteiger partial charge is 0.171 e. The molecule has 2 N–H and O–H groups in total. The Labute approximate surface area is 88.0 Å². The Kier molecular flexibility index (Phi) is 4.03. The molecular formula is C11H15F2NO. The molecule has 1 atom stereocenters. The maximum atomic E-state index is 13.6. The van der Waals surface area contributed by atoms with E-state index >= 15 is 0 Å². The highest BCUT2D eigenvalue weighted by Gasteiger charge is 2.16. The zero-order valence-corrected chi connectivity index (χ0v) is 8.89. The topological polar surface area (TPSA) is 35.2 Å². The summed E-state index contributed by atoms with van der Waals surface area (Å²) in [5.74, 6) is -1.17. The van der Waals surface area contributed by atoms with Crippen molar-refractivity contribution in [2.24, 2.45) is 5.73 Å². The normalized spacial score (nSPS) is 12.6. The first-order chi connectivity index (χ1) is 7.10. The fourth-order valence-electron chi connectivity index (χ4n) is 1.33. The fraction of sp³-hybridized carbons (Fsp3) is 0.455. The van der Waals surface area contributed by atoms with Gasteiger partial charge in [0.05, 0.1) is 7.11 Å². The SMILES string of the molecule is CCC(N)Cc1c(F)ccc(OC)c1F. The molecule has 4 heteroatoms. The van der Waals surface area contributed by atoms with Crippen molar-refractivity contribution in [1.29, 1.82) is 0 Å². The highest BCUT2D eigenvalue weighted by Crippen LogP contribution is 2.24. The van der Waals surface area contributed by atoms with Crippen LogP contribution in [0.5, 0.6) is 5.75 Å². The minimum Gasteiger partial charge on any atom is -0.494 e. The highest BCUT2D eigenvalue weighted by atomic mass is 19.1. The van der Waals surface area contributed by atoms with Crippen molar-refractivity contribution in [1.82, 2.24) is 0 Å². The largest absolute Gasteiger partial charge is 0.494 e. The van der Waals surface area contributed by atoms with Crippen molar-refractivity contribution in [3.05, 3.63) is 29.3 Å². The zero-order chi connectivity index (χ0) is 11.4. The van der Waals surface area contributed by atoms with Gasteiger partial charge in [-0.3, -0.25) is 0 Å². The third-order valence-corrected chi connectivity index (χ3v) is 2.36. The molecule has 84 valence electrons. The van der Waals surface area contributed by atoms with Crippen LogP contribution in [0.2, 0.25) is 0 Å². The van der Waals surface area contributed by atoms with Gasteiger partial charge in [-0.1, -0.05) is 6.92 Å². The van der Waals surface area contributed by atoms with Crippen LogP contribution in [-0.4, -0.2) is 13.2 Å². The van der Waals surface area contributed by atoms with Gasteiger partial charge in [-0.25, -0.2) is 8.78 Å². The average molecular weight is 215 g/mol. The molecule has 0 saturated carbocycles. The summed E-state index contributed by atoms with van der Waals surface area (Å²) in [6, 6.07) is 2.23. The number of methoxy groups -OCH3 is 1. The molecule has 0 aliphatic heterocycles. The third kappa shape index (κ3) is 2.65. The predicted octanol–water partition coefficient (Wildman–Crippen LogP) is 2.25. The van der Waals surface area contributed by atoms with E-state index in [2.05, 4.69) is 0 Å². The fourth-order valence-corrected chi connectivity index (χ4v) is 1.33. The summed E-state index contributed by atoms with van der Waals surface area (Å²) in [6.45, 7) is 1.88. The molecular weight excluding hydrogens is 200 g/mol. The second-order valence-electron chi connectivity index (χ2n) is 3.41. The molecule has 0 heterocycles. The Morgan fingerprint density at radius 3 is 2.60 bits per heavy atom. The number of benzene rings is 1. The van der Waals surface area contributed by atoms with E-state index < -0.39 is 11.6 Å². The van der Waals surface area contributed by atoms with Crippen LogP contribution < -0.4 is 10.5 Å². The minimum absolute atomic E-state index is 0.00343. The molecule has 1 aromatic carbocycles. The summed E-state index contributed by atoms with van der Waals surface area (Å²) >= 11 is 0. The Morgan fingerprint density at radius 2 is 2.07 bits per heavy atom. The van der Waals surface area contributed by atoms with E-state index in [0.29, 0.717) is 6.42 Å². The van der Waals surface area contributed by atoms with E-state index in [-0.39, 0.29) is 23.8 Å². The first-order valence-electron chi connectivity index (χ1n) is 4.86. The quantitative estimate of drug-likeness (QED) is 0.836. The molecule has 15 heavy (non-hydrogen) atoms. The average Bonchev–Trinajstić information content (AvgIpc) is 2.24. The van der Waals surface area contributed by atoms with Gasteiger partial charge in [0.1, 0.15) is 5.82 Å². The van der Waals surface area contributed by atoms with Gasteiger partial charge in [-0.05, 0) is 25.0 Å². The summed E-state index contributed by atoms with van der Waals surface area (Å²) < 4.78 is 31.7. The third-order valence-electron chi connectivity index (χ3n) is 2.36. The van der Waals surface area contributed by atoms with Crippen LogP contribution in [0, 0.1) is 11.6 Å². The van der Waals surface area contributed by atoms with Crippen LogP contribution in [0.25, 0.3) is 0 Å². The van der Waals surface area contributed by atoms with Crippen molar-refractivity contribution in [2.45, 2.75) is 25.8 Å². The number of rotatable bonds is 4. The molecule has 1 rings (SSSR count). The minimum atomic E-state index is -0.651. The van der Waals surface area contributed by atoms with Crippen molar-refractivity contribution < 1.29 is 13.5 Å². The Bertz CT molecular complexity index is 342. The summed E-state index contributed by atoms with van der Waals surface area (Å²) in [5.41, 5.74) is 5.66. The molecule has 0 aliphatic rings. The molecule has 0 fully saturated rings. The summed E-state index contributed by atoms with van der Waals surface area (Å²) in [7, 11) is 1.35. The summed E-state index contributed by atoms with van der Waals surface area (Å²) in [5, 5.41) is 0. The monoisotopic (exact) mass is 215 g/mol. The van der Waals surface area contributed by atoms with Gasteiger partial charge in [0.25, 0.3) is 0 Å². The standard InChI is InChI=1S/C11H15F2NO/c1-3-7(14)6-8-9(12)4-5-10(15-2)11(8)13/h4-5,7H,3,6,14H2,1-2H3. The molecule has 2 nitrogen and oxygen atoms in total. The second-order valence-corrected chi connectivity index (χ2v) is 3.41. The van der Waals surface area contributed by atoms with E-state index in [1.54, 1.807) is 0 Å². The first-order valence-corrected chi connectivity index (χ1v) is 4.86. The highest BCUT2D eigenvalue weighted by molar-refractivity contribution is 5.32. The molecule has 0 radical (unpaired) electrons. The Morgan fingerprint density at radius 1 is 1.40 bits per heavy atom.